The second kappa shape index (κ2) is 11.2. The highest BCUT2D eigenvalue weighted by Gasteiger charge is 2.52. The van der Waals surface area contributed by atoms with Crippen LogP contribution in [0.3, 0.4) is 0 Å². The highest BCUT2D eigenvalue weighted by Crippen LogP contribution is 2.44. The number of aromatic nitrogens is 1. The minimum Gasteiger partial charge on any atom is -0.458 e. The Hall–Kier alpha value is -1.91. The minimum atomic E-state index is -1.27. The first-order valence-electron chi connectivity index (χ1n) is 12.5. The third-order valence-electron chi connectivity index (χ3n) is 7.58. The first-order chi connectivity index (χ1) is 16.8. The van der Waals surface area contributed by atoms with E-state index in [1.807, 2.05) is 44.4 Å². The molecule has 0 saturated carbocycles. The van der Waals surface area contributed by atoms with Crippen LogP contribution in [0.15, 0.2) is 23.1 Å². The van der Waals surface area contributed by atoms with Gasteiger partial charge in [0, 0.05) is 23.6 Å². The second-order valence-electron chi connectivity index (χ2n) is 10.9. The molecule has 0 aliphatic carbocycles. The Balaban J connectivity index is 1.89. The molecule has 3 heterocycles. The van der Waals surface area contributed by atoms with E-state index < -0.39 is 41.2 Å². The van der Waals surface area contributed by atoms with E-state index in [9.17, 15) is 24.9 Å². The first-order valence-corrected chi connectivity index (χ1v) is 13.3. The first kappa shape index (κ1) is 28.7. The number of hydrogen-bond acceptors (Lipinski definition) is 9. The van der Waals surface area contributed by atoms with Gasteiger partial charge in [0.15, 0.2) is 0 Å². The molecule has 1 fully saturated rings. The highest BCUT2D eigenvalue weighted by atomic mass is 32.1. The maximum Gasteiger partial charge on any atom is 0.309 e. The quantitative estimate of drug-likeness (QED) is 0.313. The molecule has 3 rings (SSSR count). The number of aliphatic hydroxyl groups is 3. The zero-order valence-electron chi connectivity index (χ0n) is 21.9. The zero-order valence-corrected chi connectivity index (χ0v) is 22.7. The summed E-state index contributed by atoms with van der Waals surface area (Å²) in [5, 5.41) is 33.4. The smallest absolute Gasteiger partial charge is 0.309 e. The van der Waals surface area contributed by atoms with Crippen molar-refractivity contribution in [1.29, 1.82) is 0 Å². The molecule has 2 aliphatic rings. The van der Waals surface area contributed by atoms with E-state index >= 15 is 0 Å². The standard InChI is InChI=1S/C27H39NO7S/c1-15-8-7-9-27(6)21(35-27)11-19(16(2)10-18-14-36-22(13-29)28-18)34-23(31)12-20(30)26(4,5)25(33)17(3)24(15)32/h7-8,10,14-15,17,19-21,24,29-30,32H,9,11-13H2,1-6H3/b8-7+,16-10+/t15-,17+,19-,20-,21?,24-,27?/m0/s1. The van der Waals surface area contributed by atoms with Crippen LogP contribution in [-0.4, -0.2) is 62.1 Å². The SMILES string of the molecule is C/C(=C\c1csc(CO)n1)[C@@H]1CC2OC2(C)C/C=C/[C@H](C)[C@H](O)[C@@H](C)C(=O)C(C)(C)[C@@H](O)CC(=O)O1. The molecule has 2 aliphatic heterocycles. The number of carbonyl (C=O) groups excluding carboxylic acids is 2. The lowest BCUT2D eigenvalue weighted by Crippen LogP contribution is -2.45. The Kier molecular flexibility index (Phi) is 8.94. The molecule has 0 aromatic carbocycles. The number of cyclic esters (lactones) is 1. The summed E-state index contributed by atoms with van der Waals surface area (Å²) in [7, 11) is 0. The van der Waals surface area contributed by atoms with E-state index in [1.165, 1.54) is 11.3 Å². The Labute approximate surface area is 217 Å². The van der Waals surface area contributed by atoms with Crippen molar-refractivity contribution < 1.29 is 34.4 Å². The fourth-order valence-corrected chi connectivity index (χ4v) is 5.30. The number of ketones is 1. The number of hydrogen-bond donors (Lipinski definition) is 3. The monoisotopic (exact) mass is 521 g/mol. The summed E-state index contributed by atoms with van der Waals surface area (Å²) in [4.78, 5) is 30.5. The molecule has 36 heavy (non-hydrogen) atoms. The normalized spacial score (nSPS) is 37.2. The predicted molar refractivity (Wildman–Crippen MR) is 137 cm³/mol. The van der Waals surface area contributed by atoms with Crippen molar-refractivity contribution in [3.05, 3.63) is 33.8 Å². The summed E-state index contributed by atoms with van der Waals surface area (Å²) < 4.78 is 11.8. The fraction of sp³-hybridized carbons (Fsp3) is 0.667. The summed E-state index contributed by atoms with van der Waals surface area (Å²) in [6, 6.07) is 0. The van der Waals surface area contributed by atoms with Crippen molar-refractivity contribution >= 4 is 29.2 Å². The number of carbonyl (C=O) groups is 2. The number of ether oxygens (including phenoxy) is 2. The highest BCUT2D eigenvalue weighted by molar-refractivity contribution is 7.09. The van der Waals surface area contributed by atoms with Crippen LogP contribution in [0.4, 0.5) is 0 Å². The van der Waals surface area contributed by atoms with Crippen LogP contribution in [-0.2, 0) is 25.7 Å². The van der Waals surface area contributed by atoms with Crippen molar-refractivity contribution in [2.75, 3.05) is 0 Å². The molecular formula is C27H39NO7S. The van der Waals surface area contributed by atoms with Crippen molar-refractivity contribution in [3.8, 4) is 0 Å². The zero-order chi connectivity index (χ0) is 26.8. The van der Waals surface area contributed by atoms with Gasteiger partial charge in [-0.1, -0.05) is 39.8 Å². The van der Waals surface area contributed by atoms with Crippen LogP contribution in [0.2, 0.25) is 0 Å². The fourth-order valence-electron chi connectivity index (χ4n) is 4.69. The average Bonchev–Trinajstić information content (AvgIpc) is 3.23. The largest absolute Gasteiger partial charge is 0.458 e. The molecule has 200 valence electrons. The van der Waals surface area contributed by atoms with Crippen LogP contribution in [0.1, 0.15) is 71.5 Å². The van der Waals surface area contributed by atoms with Gasteiger partial charge in [-0.25, -0.2) is 4.98 Å². The number of fused-ring (bicyclic) bond motifs is 1. The van der Waals surface area contributed by atoms with E-state index in [4.69, 9.17) is 9.47 Å². The summed E-state index contributed by atoms with van der Waals surface area (Å²) in [5.74, 6) is -1.92. The van der Waals surface area contributed by atoms with Crippen LogP contribution in [0.5, 0.6) is 0 Å². The molecule has 0 spiro atoms. The van der Waals surface area contributed by atoms with Gasteiger partial charge in [-0.05, 0) is 31.9 Å². The topological polar surface area (TPSA) is 129 Å². The Bertz CT molecular complexity index is 1020. The Morgan fingerprint density at radius 2 is 1.94 bits per heavy atom. The summed E-state index contributed by atoms with van der Waals surface area (Å²) in [6.07, 6.45) is 3.45. The van der Waals surface area contributed by atoms with Gasteiger partial charge < -0.3 is 24.8 Å². The molecule has 0 amide bonds. The Morgan fingerprint density at radius 3 is 2.58 bits per heavy atom. The molecule has 0 bridgehead atoms. The van der Waals surface area contributed by atoms with Gasteiger partial charge in [0.25, 0.3) is 0 Å². The van der Waals surface area contributed by atoms with Crippen LogP contribution >= 0.6 is 11.3 Å². The lowest BCUT2D eigenvalue weighted by atomic mass is 9.73. The predicted octanol–water partition coefficient (Wildman–Crippen LogP) is 3.44. The molecule has 1 aromatic heterocycles. The van der Waals surface area contributed by atoms with Gasteiger partial charge in [-0.2, -0.15) is 0 Å². The summed E-state index contributed by atoms with van der Waals surface area (Å²) in [6.45, 7) is 10.4. The van der Waals surface area contributed by atoms with Gasteiger partial charge in [0.05, 0.1) is 48.0 Å². The van der Waals surface area contributed by atoms with Gasteiger partial charge >= 0.3 is 5.97 Å². The van der Waals surface area contributed by atoms with Gasteiger partial charge in [0.2, 0.25) is 0 Å². The Morgan fingerprint density at radius 1 is 1.25 bits per heavy atom. The molecule has 1 saturated heterocycles. The van der Waals surface area contributed by atoms with Gasteiger partial charge in [0.1, 0.15) is 16.9 Å². The number of epoxide rings is 1. The molecule has 8 nitrogen and oxygen atoms in total. The van der Waals surface area contributed by atoms with Crippen molar-refractivity contribution in [3.63, 3.8) is 0 Å². The van der Waals surface area contributed by atoms with Crippen LogP contribution in [0.25, 0.3) is 6.08 Å². The van der Waals surface area contributed by atoms with E-state index in [1.54, 1.807) is 20.8 Å². The van der Waals surface area contributed by atoms with E-state index in [-0.39, 0.29) is 30.8 Å². The molecule has 9 heteroatoms. The lowest BCUT2D eigenvalue weighted by Gasteiger charge is -2.34. The number of Topliss-reactive ketones (excluding diaryl/α,β-unsaturated/α-hetero) is 1. The number of rotatable bonds is 3. The van der Waals surface area contributed by atoms with Crippen molar-refractivity contribution in [1.82, 2.24) is 4.98 Å². The lowest BCUT2D eigenvalue weighted by molar-refractivity contribution is -0.154. The van der Waals surface area contributed by atoms with E-state index in [0.717, 1.165) is 5.57 Å². The number of esters is 1. The molecular weight excluding hydrogens is 482 g/mol. The summed E-state index contributed by atoms with van der Waals surface area (Å²) >= 11 is 1.35. The van der Waals surface area contributed by atoms with E-state index in [2.05, 4.69) is 4.98 Å². The van der Waals surface area contributed by atoms with Gasteiger partial charge in [-0.3, -0.25) is 9.59 Å². The third kappa shape index (κ3) is 6.50. The maximum atomic E-state index is 13.2. The summed E-state index contributed by atoms with van der Waals surface area (Å²) in [5.41, 5.74) is -0.236. The number of aliphatic hydroxyl groups excluding tert-OH is 3. The number of nitrogens with zero attached hydrogens (tertiary/aromatic N) is 1. The van der Waals surface area contributed by atoms with Crippen molar-refractivity contribution in [2.24, 2.45) is 17.3 Å². The molecule has 0 radical (unpaired) electrons. The van der Waals surface area contributed by atoms with Gasteiger partial charge in [-0.15, -0.1) is 11.3 Å². The molecule has 3 N–H and O–H groups in total. The molecule has 1 aromatic rings. The average molecular weight is 522 g/mol. The second-order valence-corrected chi connectivity index (χ2v) is 11.9. The van der Waals surface area contributed by atoms with E-state index in [0.29, 0.717) is 23.5 Å². The van der Waals surface area contributed by atoms with Crippen molar-refractivity contribution in [2.45, 2.75) is 97.4 Å². The molecule has 2 unspecified atom stereocenters. The maximum absolute atomic E-state index is 13.2. The third-order valence-corrected chi connectivity index (χ3v) is 8.43. The van der Waals surface area contributed by atoms with Crippen LogP contribution < -0.4 is 0 Å². The minimum absolute atomic E-state index is 0.137. The number of thiazole rings is 1. The molecule has 7 atom stereocenters. The van der Waals surface area contributed by atoms with Crippen LogP contribution in [0, 0.1) is 17.3 Å².